The largest absolute Gasteiger partial charge is 0.341 e. The lowest BCUT2D eigenvalue weighted by atomic mass is 9.96. The van der Waals surface area contributed by atoms with Crippen LogP contribution in [0.15, 0.2) is 36.7 Å². The highest BCUT2D eigenvalue weighted by atomic mass is 19.1. The van der Waals surface area contributed by atoms with Gasteiger partial charge in [-0.25, -0.2) is 24.3 Å². The Hall–Kier alpha value is -2.93. The Kier molecular flexibility index (Phi) is 6.31. The predicted molar refractivity (Wildman–Crippen MR) is 129 cm³/mol. The fourth-order valence-corrected chi connectivity index (χ4v) is 4.94. The number of rotatable bonds is 4. The van der Waals surface area contributed by atoms with Crippen molar-refractivity contribution in [2.75, 3.05) is 31.1 Å². The molecule has 33 heavy (non-hydrogen) atoms. The number of aromatic nitrogens is 4. The van der Waals surface area contributed by atoms with Gasteiger partial charge in [0.05, 0.1) is 11.4 Å². The SMILES string of the molecule is Cc1nc(C2CCNCC2)ncc1-c1nc(N2CCC[C@H](C)C2)ncc1-c1ccc(F)cc1. The van der Waals surface area contributed by atoms with Gasteiger partial charge in [-0.05, 0) is 69.3 Å². The first-order valence-electron chi connectivity index (χ1n) is 12.0. The van der Waals surface area contributed by atoms with Crippen molar-refractivity contribution in [2.45, 2.75) is 45.4 Å². The number of hydrogen-bond acceptors (Lipinski definition) is 6. The van der Waals surface area contributed by atoms with Gasteiger partial charge in [0.15, 0.2) is 0 Å². The molecular weight excluding hydrogens is 415 g/mol. The van der Waals surface area contributed by atoms with E-state index in [2.05, 4.69) is 17.1 Å². The van der Waals surface area contributed by atoms with Crippen LogP contribution >= 0.6 is 0 Å². The Morgan fingerprint density at radius 2 is 1.73 bits per heavy atom. The maximum absolute atomic E-state index is 13.6. The fourth-order valence-electron chi connectivity index (χ4n) is 4.94. The Morgan fingerprint density at radius 1 is 0.970 bits per heavy atom. The van der Waals surface area contributed by atoms with E-state index in [1.54, 1.807) is 12.1 Å². The lowest BCUT2D eigenvalue weighted by molar-refractivity contribution is 0.442. The fraction of sp³-hybridized carbons (Fsp3) is 0.462. The molecule has 0 radical (unpaired) electrons. The molecule has 6 nitrogen and oxygen atoms in total. The van der Waals surface area contributed by atoms with E-state index in [0.717, 1.165) is 85.3 Å². The normalized spacial score (nSPS) is 19.6. The summed E-state index contributed by atoms with van der Waals surface area (Å²) in [6, 6.07) is 6.51. The average molecular weight is 447 g/mol. The average Bonchev–Trinajstić information content (AvgIpc) is 2.85. The van der Waals surface area contributed by atoms with E-state index in [9.17, 15) is 4.39 Å². The molecule has 2 aromatic heterocycles. The van der Waals surface area contributed by atoms with Crippen molar-refractivity contribution >= 4 is 5.95 Å². The molecule has 0 unspecified atom stereocenters. The minimum atomic E-state index is -0.258. The molecule has 2 fully saturated rings. The third-order valence-corrected chi connectivity index (χ3v) is 6.83. The number of benzene rings is 1. The summed E-state index contributed by atoms with van der Waals surface area (Å²) in [5, 5.41) is 3.40. The zero-order chi connectivity index (χ0) is 22.8. The number of piperidine rings is 2. The molecule has 2 aliphatic rings. The zero-order valence-corrected chi connectivity index (χ0v) is 19.4. The molecule has 0 spiro atoms. The standard InChI is InChI=1S/C26H31FN6/c1-17-4-3-13-33(16-17)26-30-15-23(19-5-7-21(27)8-6-19)24(32-26)22-14-29-25(31-18(22)2)20-9-11-28-12-10-20/h5-8,14-15,17,20,28H,3-4,9-13,16H2,1-2H3/t17-/m0/s1. The maximum Gasteiger partial charge on any atom is 0.225 e. The third kappa shape index (κ3) is 4.74. The molecule has 0 aliphatic carbocycles. The van der Waals surface area contributed by atoms with Gasteiger partial charge >= 0.3 is 0 Å². The van der Waals surface area contributed by atoms with Crippen LogP contribution < -0.4 is 10.2 Å². The Labute approximate surface area is 194 Å². The summed E-state index contributed by atoms with van der Waals surface area (Å²) in [7, 11) is 0. The van der Waals surface area contributed by atoms with E-state index < -0.39 is 0 Å². The number of anilines is 1. The van der Waals surface area contributed by atoms with Gasteiger partial charge < -0.3 is 10.2 Å². The van der Waals surface area contributed by atoms with Gasteiger partial charge in [0.25, 0.3) is 0 Å². The van der Waals surface area contributed by atoms with Gasteiger partial charge in [-0.15, -0.1) is 0 Å². The Balaban J connectivity index is 1.57. The van der Waals surface area contributed by atoms with Gasteiger partial charge in [0, 0.05) is 42.5 Å². The highest BCUT2D eigenvalue weighted by molar-refractivity contribution is 5.81. The lowest BCUT2D eigenvalue weighted by Crippen LogP contribution is -2.35. The topological polar surface area (TPSA) is 66.8 Å². The van der Waals surface area contributed by atoms with Crippen LogP contribution in [0.1, 0.15) is 50.0 Å². The molecule has 1 N–H and O–H groups in total. The second-order valence-electron chi connectivity index (χ2n) is 9.38. The van der Waals surface area contributed by atoms with Crippen molar-refractivity contribution in [1.82, 2.24) is 25.3 Å². The second-order valence-corrected chi connectivity index (χ2v) is 9.38. The molecule has 3 aromatic rings. The molecule has 1 aromatic carbocycles. The van der Waals surface area contributed by atoms with Crippen LogP contribution in [0.4, 0.5) is 10.3 Å². The zero-order valence-electron chi connectivity index (χ0n) is 19.4. The summed E-state index contributed by atoms with van der Waals surface area (Å²) >= 11 is 0. The smallest absolute Gasteiger partial charge is 0.225 e. The molecule has 5 rings (SSSR count). The van der Waals surface area contributed by atoms with Crippen molar-refractivity contribution in [2.24, 2.45) is 5.92 Å². The summed E-state index contributed by atoms with van der Waals surface area (Å²) in [4.78, 5) is 21.7. The first-order valence-corrected chi connectivity index (χ1v) is 12.0. The van der Waals surface area contributed by atoms with E-state index in [4.69, 9.17) is 19.9 Å². The van der Waals surface area contributed by atoms with Gasteiger partial charge in [0.2, 0.25) is 5.95 Å². The second kappa shape index (κ2) is 9.51. The van der Waals surface area contributed by atoms with E-state index in [0.29, 0.717) is 11.8 Å². The predicted octanol–water partition coefficient (Wildman–Crippen LogP) is 4.75. The monoisotopic (exact) mass is 446 g/mol. The van der Waals surface area contributed by atoms with Gasteiger partial charge in [-0.3, -0.25) is 0 Å². The van der Waals surface area contributed by atoms with Crippen LogP contribution in [-0.4, -0.2) is 46.1 Å². The van der Waals surface area contributed by atoms with Gasteiger partial charge in [-0.2, -0.15) is 0 Å². The Bertz CT molecular complexity index is 1110. The highest BCUT2D eigenvalue weighted by Crippen LogP contribution is 2.34. The van der Waals surface area contributed by atoms with Crippen molar-refractivity contribution in [3.8, 4) is 22.4 Å². The molecule has 2 saturated heterocycles. The summed E-state index contributed by atoms with van der Waals surface area (Å²) in [6.07, 6.45) is 8.28. The van der Waals surface area contributed by atoms with E-state index >= 15 is 0 Å². The Morgan fingerprint density at radius 3 is 2.45 bits per heavy atom. The molecule has 0 amide bonds. The molecule has 172 valence electrons. The van der Waals surface area contributed by atoms with Crippen molar-refractivity contribution in [3.05, 3.63) is 54.0 Å². The first-order chi connectivity index (χ1) is 16.1. The van der Waals surface area contributed by atoms with E-state index in [1.807, 2.05) is 19.3 Å². The molecule has 0 bridgehead atoms. The summed E-state index contributed by atoms with van der Waals surface area (Å²) in [5.74, 6) is 2.42. The summed E-state index contributed by atoms with van der Waals surface area (Å²) < 4.78 is 13.6. The number of nitrogens with zero attached hydrogens (tertiary/aromatic N) is 5. The van der Waals surface area contributed by atoms with Gasteiger partial charge in [0.1, 0.15) is 11.6 Å². The molecule has 4 heterocycles. The quantitative estimate of drug-likeness (QED) is 0.624. The minimum absolute atomic E-state index is 0.258. The first kappa shape index (κ1) is 21.9. The number of nitrogens with one attached hydrogen (secondary N) is 1. The number of halogens is 1. The van der Waals surface area contributed by atoms with Gasteiger partial charge in [-0.1, -0.05) is 19.1 Å². The molecule has 2 aliphatic heterocycles. The van der Waals surface area contributed by atoms with Crippen LogP contribution in [0.2, 0.25) is 0 Å². The van der Waals surface area contributed by atoms with Crippen molar-refractivity contribution in [3.63, 3.8) is 0 Å². The molecule has 1 atom stereocenters. The van der Waals surface area contributed by atoms with E-state index in [-0.39, 0.29) is 5.82 Å². The van der Waals surface area contributed by atoms with Crippen LogP contribution in [0.25, 0.3) is 22.4 Å². The van der Waals surface area contributed by atoms with Crippen LogP contribution in [0.5, 0.6) is 0 Å². The molecular formula is C26H31FN6. The van der Waals surface area contributed by atoms with Crippen LogP contribution in [0, 0.1) is 18.7 Å². The highest BCUT2D eigenvalue weighted by Gasteiger charge is 2.23. The summed E-state index contributed by atoms with van der Waals surface area (Å²) in [6.45, 7) is 8.24. The van der Waals surface area contributed by atoms with Crippen LogP contribution in [0.3, 0.4) is 0 Å². The van der Waals surface area contributed by atoms with Crippen molar-refractivity contribution in [1.29, 1.82) is 0 Å². The molecule has 7 heteroatoms. The third-order valence-electron chi connectivity index (χ3n) is 6.83. The van der Waals surface area contributed by atoms with E-state index in [1.165, 1.54) is 18.6 Å². The molecule has 0 saturated carbocycles. The summed E-state index contributed by atoms with van der Waals surface area (Å²) in [5.41, 5.74) is 4.37. The minimum Gasteiger partial charge on any atom is -0.341 e. The number of aryl methyl sites for hydroxylation is 1. The number of hydrogen-bond donors (Lipinski definition) is 1. The van der Waals surface area contributed by atoms with Crippen molar-refractivity contribution < 1.29 is 4.39 Å². The lowest BCUT2D eigenvalue weighted by Gasteiger charge is -2.31. The van der Waals surface area contributed by atoms with Crippen LogP contribution in [-0.2, 0) is 0 Å². The maximum atomic E-state index is 13.6.